The van der Waals surface area contributed by atoms with Crippen LogP contribution in [0.4, 0.5) is 5.69 Å². The van der Waals surface area contributed by atoms with E-state index in [2.05, 4.69) is 25.9 Å². The summed E-state index contributed by atoms with van der Waals surface area (Å²) < 4.78 is 6.88. The third kappa shape index (κ3) is 4.43. The van der Waals surface area contributed by atoms with E-state index in [1.807, 2.05) is 32.0 Å². The molecule has 0 bridgehead atoms. The molecule has 4 aromatic rings. The number of nitrogens with zero attached hydrogens (tertiary/aromatic N) is 4. The van der Waals surface area contributed by atoms with Gasteiger partial charge in [0.1, 0.15) is 10.8 Å². The number of rotatable bonds is 5. The number of hydrogen-bond donors (Lipinski definition) is 2. The second-order valence-corrected chi connectivity index (χ2v) is 8.63. The van der Waals surface area contributed by atoms with Gasteiger partial charge in [0.25, 0.3) is 5.91 Å². The zero-order chi connectivity index (χ0) is 22.8. The third-order valence-corrected chi connectivity index (χ3v) is 6.18. The molecule has 2 N–H and O–H groups in total. The highest BCUT2D eigenvalue weighted by atomic mass is 35.5. The van der Waals surface area contributed by atoms with E-state index in [1.54, 1.807) is 16.6 Å². The van der Waals surface area contributed by atoms with Crippen molar-refractivity contribution in [3.63, 3.8) is 0 Å². The van der Waals surface area contributed by atoms with Gasteiger partial charge in [-0.1, -0.05) is 29.9 Å². The van der Waals surface area contributed by atoms with Gasteiger partial charge in [-0.05, 0) is 61.1 Å². The minimum absolute atomic E-state index is 0.184. The fraction of sp³-hybridized carbons (Fsp3) is 0.190. The predicted molar refractivity (Wildman–Crippen MR) is 130 cm³/mol. The maximum atomic E-state index is 12.5. The van der Waals surface area contributed by atoms with Gasteiger partial charge in [-0.15, -0.1) is 10.2 Å². The van der Waals surface area contributed by atoms with Crippen LogP contribution < -0.4 is 15.4 Å². The second-order valence-electron chi connectivity index (χ2n) is 6.86. The lowest BCUT2D eigenvalue weighted by Crippen LogP contribution is -2.34. The maximum absolute atomic E-state index is 12.5. The second kappa shape index (κ2) is 9.19. The SMILES string of the molecule is CCc1nnc2sc(-c3ccc(NC(=S)NC(=O)c4ccc(OC)c(Cl)c4)c(C)c3)nn12. The molecule has 4 rings (SSSR count). The molecular weight excluding hydrogens is 468 g/mol. The van der Waals surface area contributed by atoms with Crippen molar-refractivity contribution < 1.29 is 9.53 Å². The molecule has 2 aromatic heterocycles. The van der Waals surface area contributed by atoms with Crippen molar-refractivity contribution in [2.24, 2.45) is 0 Å². The Kier molecular flexibility index (Phi) is 6.35. The Morgan fingerprint density at radius 3 is 2.75 bits per heavy atom. The summed E-state index contributed by atoms with van der Waals surface area (Å²) in [4.78, 5) is 13.2. The highest BCUT2D eigenvalue weighted by Gasteiger charge is 2.14. The molecule has 0 saturated heterocycles. The lowest BCUT2D eigenvalue weighted by atomic mass is 10.1. The number of hydrogen-bond acceptors (Lipinski definition) is 7. The van der Waals surface area contributed by atoms with Crippen molar-refractivity contribution in [3.8, 4) is 16.3 Å². The van der Waals surface area contributed by atoms with E-state index in [0.29, 0.717) is 16.3 Å². The molecule has 0 atom stereocenters. The van der Waals surface area contributed by atoms with E-state index in [1.165, 1.54) is 24.5 Å². The van der Waals surface area contributed by atoms with Gasteiger partial charge in [-0.2, -0.15) is 9.61 Å². The van der Waals surface area contributed by atoms with Crippen LogP contribution in [0, 0.1) is 6.92 Å². The Labute approximate surface area is 198 Å². The largest absolute Gasteiger partial charge is 0.495 e. The molecule has 0 aliphatic rings. The number of halogens is 1. The number of benzene rings is 2. The Bertz CT molecular complexity index is 1330. The van der Waals surface area contributed by atoms with Crippen molar-refractivity contribution >= 4 is 56.8 Å². The van der Waals surface area contributed by atoms with Gasteiger partial charge in [-0.3, -0.25) is 10.1 Å². The van der Waals surface area contributed by atoms with Crippen LogP contribution in [0.2, 0.25) is 5.02 Å². The number of fused-ring (bicyclic) bond motifs is 1. The van der Waals surface area contributed by atoms with Crippen molar-refractivity contribution in [3.05, 3.63) is 58.4 Å². The zero-order valence-corrected chi connectivity index (χ0v) is 19.9. The number of nitrogens with one attached hydrogen (secondary N) is 2. The molecule has 0 aliphatic carbocycles. The highest BCUT2D eigenvalue weighted by Crippen LogP contribution is 2.29. The van der Waals surface area contributed by atoms with Crippen LogP contribution in [0.1, 0.15) is 28.7 Å². The molecule has 0 radical (unpaired) electrons. The molecule has 2 heterocycles. The quantitative estimate of drug-likeness (QED) is 0.401. The van der Waals surface area contributed by atoms with Gasteiger partial charge in [0, 0.05) is 23.2 Å². The van der Waals surface area contributed by atoms with Gasteiger partial charge in [-0.25, -0.2) is 0 Å². The van der Waals surface area contributed by atoms with Gasteiger partial charge < -0.3 is 10.1 Å². The number of carbonyl (C=O) groups excluding carboxylic acids is 1. The number of aryl methyl sites for hydroxylation is 2. The van der Waals surface area contributed by atoms with Gasteiger partial charge in [0.05, 0.1) is 12.1 Å². The van der Waals surface area contributed by atoms with Crippen LogP contribution in [0.25, 0.3) is 15.5 Å². The Hall–Kier alpha value is -3.08. The monoisotopic (exact) mass is 486 g/mol. The number of carbonyl (C=O) groups is 1. The molecule has 8 nitrogen and oxygen atoms in total. The average molecular weight is 487 g/mol. The Morgan fingerprint density at radius 2 is 2.06 bits per heavy atom. The first-order valence-electron chi connectivity index (χ1n) is 9.67. The minimum Gasteiger partial charge on any atom is -0.495 e. The molecule has 164 valence electrons. The van der Waals surface area contributed by atoms with Crippen LogP contribution in [0.5, 0.6) is 5.75 Å². The minimum atomic E-state index is -0.368. The van der Waals surface area contributed by atoms with Gasteiger partial charge in [0.2, 0.25) is 4.96 Å². The molecule has 0 saturated carbocycles. The summed E-state index contributed by atoms with van der Waals surface area (Å²) in [6.07, 6.45) is 0.762. The van der Waals surface area contributed by atoms with E-state index in [4.69, 9.17) is 28.6 Å². The number of amides is 1. The summed E-state index contributed by atoms with van der Waals surface area (Å²) >= 11 is 12.9. The smallest absolute Gasteiger partial charge is 0.257 e. The number of aromatic nitrogens is 4. The molecule has 11 heteroatoms. The standard InChI is InChI=1S/C21H19ClN6O2S2/c1-4-17-25-26-21-28(17)27-19(32-21)13-5-7-15(11(2)9-13)23-20(31)24-18(29)12-6-8-16(30-3)14(22)10-12/h5-10H,4H2,1-3H3,(H2,23,24,29,31). The molecule has 32 heavy (non-hydrogen) atoms. The van der Waals surface area contributed by atoms with Crippen molar-refractivity contribution in [2.45, 2.75) is 20.3 Å². The van der Waals surface area contributed by atoms with E-state index in [-0.39, 0.29) is 11.0 Å². The number of ether oxygens (including phenoxy) is 1. The van der Waals surface area contributed by atoms with Gasteiger partial charge >= 0.3 is 0 Å². The first-order chi connectivity index (χ1) is 15.4. The van der Waals surface area contributed by atoms with Crippen molar-refractivity contribution in [1.82, 2.24) is 25.1 Å². The lowest BCUT2D eigenvalue weighted by Gasteiger charge is -2.13. The van der Waals surface area contributed by atoms with Crippen LogP contribution in [-0.2, 0) is 6.42 Å². The van der Waals surface area contributed by atoms with E-state index in [0.717, 1.165) is 39.0 Å². The third-order valence-electron chi connectivity index (χ3n) is 4.73. The van der Waals surface area contributed by atoms with Crippen molar-refractivity contribution in [1.29, 1.82) is 0 Å². The molecule has 0 unspecified atom stereocenters. The number of thiocarbonyl (C=S) groups is 1. The fourth-order valence-electron chi connectivity index (χ4n) is 3.07. The highest BCUT2D eigenvalue weighted by molar-refractivity contribution is 7.80. The van der Waals surface area contributed by atoms with Gasteiger partial charge in [0.15, 0.2) is 10.9 Å². The normalized spacial score (nSPS) is 10.9. The number of anilines is 1. The van der Waals surface area contributed by atoms with E-state index < -0.39 is 0 Å². The molecular formula is C21H19ClN6O2S2. The Balaban J connectivity index is 1.46. The molecule has 0 spiro atoms. The summed E-state index contributed by atoms with van der Waals surface area (Å²) in [6, 6.07) is 10.6. The summed E-state index contributed by atoms with van der Waals surface area (Å²) in [5, 5.41) is 20.0. The molecule has 0 aliphatic heterocycles. The fourth-order valence-corrected chi connectivity index (χ4v) is 4.38. The summed E-state index contributed by atoms with van der Waals surface area (Å²) in [5.41, 5.74) is 3.08. The lowest BCUT2D eigenvalue weighted by molar-refractivity contribution is 0.0977. The van der Waals surface area contributed by atoms with Crippen LogP contribution in [0.3, 0.4) is 0 Å². The van der Waals surface area contributed by atoms with Crippen LogP contribution in [0.15, 0.2) is 36.4 Å². The van der Waals surface area contributed by atoms with E-state index >= 15 is 0 Å². The summed E-state index contributed by atoms with van der Waals surface area (Å²) in [7, 11) is 1.51. The topological polar surface area (TPSA) is 93.4 Å². The zero-order valence-electron chi connectivity index (χ0n) is 17.5. The first kappa shape index (κ1) is 22.1. The summed E-state index contributed by atoms with van der Waals surface area (Å²) in [5.74, 6) is 0.958. The molecule has 2 aromatic carbocycles. The van der Waals surface area contributed by atoms with Crippen LogP contribution >= 0.6 is 35.2 Å². The predicted octanol–water partition coefficient (Wildman–Crippen LogP) is 4.51. The number of methoxy groups -OCH3 is 1. The Morgan fingerprint density at radius 1 is 1.25 bits per heavy atom. The maximum Gasteiger partial charge on any atom is 0.257 e. The van der Waals surface area contributed by atoms with Crippen molar-refractivity contribution in [2.75, 3.05) is 12.4 Å². The van der Waals surface area contributed by atoms with Crippen LogP contribution in [-0.4, -0.2) is 37.9 Å². The van der Waals surface area contributed by atoms with E-state index in [9.17, 15) is 4.79 Å². The molecule has 1 amide bonds. The summed E-state index contributed by atoms with van der Waals surface area (Å²) in [6.45, 7) is 3.97. The molecule has 0 fully saturated rings. The average Bonchev–Trinajstić information content (AvgIpc) is 3.35. The first-order valence-corrected chi connectivity index (χ1v) is 11.3.